The Morgan fingerprint density at radius 3 is 2.59 bits per heavy atom. The molecule has 1 atom stereocenters. The summed E-state index contributed by atoms with van der Waals surface area (Å²) in [4.78, 5) is 12.2. The van der Waals surface area contributed by atoms with Gasteiger partial charge in [-0.25, -0.2) is 0 Å². The molecule has 22 heavy (non-hydrogen) atoms. The Kier molecular flexibility index (Phi) is 5.61. The maximum Gasteiger partial charge on any atom is 0.255 e. The fraction of sp³-hybridized carbons (Fsp3) is 0.353. The Labute approximate surface area is 130 Å². The van der Waals surface area contributed by atoms with Gasteiger partial charge in [-0.1, -0.05) is 12.1 Å². The maximum absolute atomic E-state index is 12.2. The number of hydrogen-bond donors (Lipinski definition) is 1. The van der Waals surface area contributed by atoms with E-state index in [4.69, 9.17) is 13.9 Å². The summed E-state index contributed by atoms with van der Waals surface area (Å²) in [6.07, 6.45) is 1.45. The molecule has 0 radical (unpaired) electrons. The van der Waals surface area contributed by atoms with Crippen LogP contribution in [0.15, 0.2) is 41.0 Å². The molecule has 1 aromatic carbocycles. The van der Waals surface area contributed by atoms with Crippen LogP contribution in [0, 0.1) is 6.92 Å². The van der Waals surface area contributed by atoms with E-state index < -0.39 is 0 Å². The van der Waals surface area contributed by atoms with Gasteiger partial charge in [0.05, 0.1) is 24.8 Å². The molecule has 0 aliphatic heterocycles. The molecular formula is C17H21NO4. The van der Waals surface area contributed by atoms with Crippen molar-refractivity contribution in [1.82, 2.24) is 5.32 Å². The first-order valence-electron chi connectivity index (χ1n) is 7.21. The van der Waals surface area contributed by atoms with Crippen LogP contribution in [0.4, 0.5) is 0 Å². The number of carbonyl (C=O) groups excluding carboxylic acids is 1. The topological polar surface area (TPSA) is 60.7 Å². The Morgan fingerprint density at radius 2 is 2.05 bits per heavy atom. The highest BCUT2D eigenvalue weighted by Gasteiger charge is 2.17. The Bertz CT molecular complexity index is 603. The van der Waals surface area contributed by atoms with Gasteiger partial charge >= 0.3 is 0 Å². The number of ether oxygens (including phenoxy) is 2. The van der Waals surface area contributed by atoms with Crippen LogP contribution in [-0.2, 0) is 4.74 Å². The molecule has 0 unspecified atom stereocenters. The lowest BCUT2D eigenvalue weighted by Crippen LogP contribution is -2.31. The van der Waals surface area contributed by atoms with Gasteiger partial charge in [-0.15, -0.1) is 0 Å². The van der Waals surface area contributed by atoms with E-state index >= 15 is 0 Å². The Morgan fingerprint density at radius 1 is 1.32 bits per heavy atom. The SMILES string of the molecule is CCOc1ccc([C@@H](COC)NC(=O)c2coc(C)c2)cc1. The first-order chi connectivity index (χ1) is 10.6. The molecule has 118 valence electrons. The molecule has 2 rings (SSSR count). The number of hydrogen-bond acceptors (Lipinski definition) is 4. The summed E-state index contributed by atoms with van der Waals surface area (Å²) in [6.45, 7) is 4.75. The molecule has 0 spiro atoms. The third-order valence-corrected chi connectivity index (χ3v) is 3.22. The summed E-state index contributed by atoms with van der Waals surface area (Å²) in [5.74, 6) is 1.32. The Hall–Kier alpha value is -2.27. The van der Waals surface area contributed by atoms with E-state index in [1.54, 1.807) is 20.1 Å². The number of benzene rings is 1. The fourth-order valence-electron chi connectivity index (χ4n) is 2.16. The fourth-order valence-corrected chi connectivity index (χ4v) is 2.16. The van der Waals surface area contributed by atoms with Crippen LogP contribution in [0.25, 0.3) is 0 Å². The predicted molar refractivity (Wildman–Crippen MR) is 83.1 cm³/mol. The molecule has 1 amide bonds. The zero-order chi connectivity index (χ0) is 15.9. The average Bonchev–Trinajstić information content (AvgIpc) is 2.95. The number of nitrogens with one attached hydrogen (secondary N) is 1. The quantitative estimate of drug-likeness (QED) is 0.854. The standard InChI is InChI=1S/C17H21NO4/c1-4-21-15-7-5-13(6-8-15)16(11-20-3)18-17(19)14-9-12(2)22-10-14/h5-10,16H,4,11H2,1-3H3,(H,18,19)/t16-/m1/s1. The van der Waals surface area contributed by atoms with Crippen molar-refractivity contribution in [3.63, 3.8) is 0 Å². The van der Waals surface area contributed by atoms with Crippen LogP contribution in [0.3, 0.4) is 0 Å². The lowest BCUT2D eigenvalue weighted by atomic mass is 10.1. The number of furan rings is 1. The average molecular weight is 303 g/mol. The van der Waals surface area contributed by atoms with Crippen LogP contribution in [0.1, 0.15) is 34.6 Å². The highest BCUT2D eigenvalue weighted by Crippen LogP contribution is 2.19. The van der Waals surface area contributed by atoms with Crippen LogP contribution in [-0.4, -0.2) is 26.2 Å². The van der Waals surface area contributed by atoms with Crippen molar-refractivity contribution in [3.8, 4) is 5.75 Å². The van der Waals surface area contributed by atoms with Crippen LogP contribution < -0.4 is 10.1 Å². The van der Waals surface area contributed by atoms with Crippen molar-refractivity contribution < 1.29 is 18.7 Å². The van der Waals surface area contributed by atoms with E-state index in [-0.39, 0.29) is 11.9 Å². The molecular weight excluding hydrogens is 282 g/mol. The zero-order valence-corrected chi connectivity index (χ0v) is 13.1. The van der Waals surface area contributed by atoms with E-state index in [1.807, 2.05) is 31.2 Å². The van der Waals surface area contributed by atoms with Gasteiger partial charge in [-0.2, -0.15) is 0 Å². The van der Waals surface area contributed by atoms with Crippen molar-refractivity contribution in [2.75, 3.05) is 20.3 Å². The zero-order valence-electron chi connectivity index (χ0n) is 13.1. The first-order valence-corrected chi connectivity index (χ1v) is 7.21. The van der Waals surface area contributed by atoms with Crippen molar-refractivity contribution in [2.24, 2.45) is 0 Å². The smallest absolute Gasteiger partial charge is 0.255 e. The molecule has 5 nitrogen and oxygen atoms in total. The summed E-state index contributed by atoms with van der Waals surface area (Å²) in [6, 6.07) is 9.09. The van der Waals surface area contributed by atoms with Crippen LogP contribution in [0.2, 0.25) is 0 Å². The molecule has 1 aromatic heterocycles. The van der Waals surface area contributed by atoms with Crippen molar-refractivity contribution in [2.45, 2.75) is 19.9 Å². The molecule has 2 aromatic rings. The van der Waals surface area contributed by atoms with Crippen molar-refractivity contribution in [1.29, 1.82) is 0 Å². The van der Waals surface area contributed by atoms with Crippen LogP contribution >= 0.6 is 0 Å². The third-order valence-electron chi connectivity index (χ3n) is 3.22. The third kappa shape index (κ3) is 4.11. The van der Waals surface area contributed by atoms with E-state index in [2.05, 4.69) is 5.32 Å². The molecule has 0 aliphatic rings. The van der Waals surface area contributed by atoms with Gasteiger partial charge in [0.15, 0.2) is 0 Å². The maximum atomic E-state index is 12.2. The second-order valence-electron chi connectivity index (χ2n) is 4.93. The molecule has 0 saturated heterocycles. The summed E-state index contributed by atoms with van der Waals surface area (Å²) in [5, 5.41) is 2.95. The molecule has 1 N–H and O–H groups in total. The van der Waals surface area contributed by atoms with E-state index in [0.717, 1.165) is 11.3 Å². The molecule has 0 fully saturated rings. The summed E-state index contributed by atoms with van der Waals surface area (Å²) < 4.78 is 15.8. The number of aryl methyl sites for hydroxylation is 1. The predicted octanol–water partition coefficient (Wildman–Crippen LogP) is 3.10. The largest absolute Gasteiger partial charge is 0.494 e. The van der Waals surface area contributed by atoms with E-state index in [0.29, 0.717) is 24.5 Å². The molecule has 0 aliphatic carbocycles. The normalized spacial score (nSPS) is 12.0. The molecule has 0 saturated carbocycles. The summed E-state index contributed by atoms with van der Waals surface area (Å²) in [5.41, 5.74) is 1.46. The highest BCUT2D eigenvalue weighted by molar-refractivity contribution is 5.94. The molecule has 0 bridgehead atoms. The number of amides is 1. The van der Waals surface area contributed by atoms with Gasteiger partial charge < -0.3 is 19.2 Å². The number of rotatable bonds is 7. The van der Waals surface area contributed by atoms with Gasteiger partial charge in [0.1, 0.15) is 17.8 Å². The van der Waals surface area contributed by atoms with Crippen LogP contribution in [0.5, 0.6) is 5.75 Å². The van der Waals surface area contributed by atoms with E-state index in [9.17, 15) is 4.79 Å². The van der Waals surface area contributed by atoms with Gasteiger partial charge in [0, 0.05) is 7.11 Å². The van der Waals surface area contributed by atoms with E-state index in [1.165, 1.54) is 6.26 Å². The monoisotopic (exact) mass is 303 g/mol. The highest BCUT2D eigenvalue weighted by atomic mass is 16.5. The van der Waals surface area contributed by atoms with Crippen molar-refractivity contribution in [3.05, 3.63) is 53.5 Å². The minimum atomic E-state index is -0.233. The second-order valence-corrected chi connectivity index (χ2v) is 4.93. The first kappa shape index (κ1) is 16.1. The minimum absolute atomic E-state index is 0.187. The summed E-state index contributed by atoms with van der Waals surface area (Å²) in [7, 11) is 1.61. The lowest BCUT2D eigenvalue weighted by Gasteiger charge is -2.18. The Balaban J connectivity index is 2.10. The van der Waals surface area contributed by atoms with Crippen molar-refractivity contribution >= 4 is 5.91 Å². The van der Waals surface area contributed by atoms with Gasteiger partial charge in [0.2, 0.25) is 0 Å². The van der Waals surface area contributed by atoms with Gasteiger partial charge in [-0.05, 0) is 37.6 Å². The van der Waals surface area contributed by atoms with Gasteiger partial charge in [0.25, 0.3) is 5.91 Å². The van der Waals surface area contributed by atoms with Gasteiger partial charge in [-0.3, -0.25) is 4.79 Å². The lowest BCUT2D eigenvalue weighted by molar-refractivity contribution is 0.0896. The second kappa shape index (κ2) is 7.66. The number of carbonyl (C=O) groups is 1. The minimum Gasteiger partial charge on any atom is -0.494 e. The summed E-state index contributed by atoms with van der Waals surface area (Å²) >= 11 is 0. The number of methoxy groups -OCH3 is 1. The molecule has 1 heterocycles. The molecule has 5 heteroatoms.